The predicted octanol–water partition coefficient (Wildman–Crippen LogP) is 3.94. The molecule has 0 N–H and O–H groups in total. The molecule has 0 spiro atoms. The van der Waals surface area contributed by atoms with Crippen LogP contribution in [-0.4, -0.2) is 13.1 Å². The normalized spacial score (nSPS) is 20.0. The zero-order valence-corrected chi connectivity index (χ0v) is 13.6. The molecule has 2 aromatic rings. The van der Waals surface area contributed by atoms with E-state index in [9.17, 15) is 4.79 Å². The number of rotatable bonds is 2. The lowest BCUT2D eigenvalue weighted by Crippen LogP contribution is -2.31. The fraction of sp³-hybridized carbons (Fsp3) is 0.316. The summed E-state index contributed by atoms with van der Waals surface area (Å²) < 4.78 is 11.6. The lowest BCUT2D eigenvalue weighted by atomic mass is 9.87. The van der Waals surface area contributed by atoms with Crippen molar-refractivity contribution in [3.05, 3.63) is 69.3 Å². The highest BCUT2D eigenvalue weighted by Gasteiger charge is 2.50. The average Bonchev–Trinajstić information content (AvgIpc) is 2.78. The van der Waals surface area contributed by atoms with Crippen LogP contribution in [0.5, 0.6) is 0 Å². The standard InChI is InChI=1S/C19H20O3/c1-11-6-9-15(14(4)10-11)19(21-5)17-13(3)8-7-12(2)16(17)18(20)22-19/h6-10H,1-5H3. The summed E-state index contributed by atoms with van der Waals surface area (Å²) in [4.78, 5) is 12.5. The summed E-state index contributed by atoms with van der Waals surface area (Å²) in [5, 5.41) is 0. The summed E-state index contributed by atoms with van der Waals surface area (Å²) in [6, 6.07) is 10.0. The maximum Gasteiger partial charge on any atom is 0.342 e. The van der Waals surface area contributed by atoms with Gasteiger partial charge in [0.2, 0.25) is 0 Å². The molecule has 0 bridgehead atoms. The molecule has 0 saturated heterocycles. The molecule has 1 aliphatic rings. The van der Waals surface area contributed by atoms with Gasteiger partial charge in [-0.15, -0.1) is 0 Å². The summed E-state index contributed by atoms with van der Waals surface area (Å²) in [6.07, 6.45) is 0. The quantitative estimate of drug-likeness (QED) is 0.787. The Labute approximate surface area is 130 Å². The fourth-order valence-electron chi connectivity index (χ4n) is 3.36. The van der Waals surface area contributed by atoms with Gasteiger partial charge in [0.25, 0.3) is 5.79 Å². The molecule has 1 aliphatic heterocycles. The topological polar surface area (TPSA) is 35.5 Å². The molecule has 1 unspecified atom stereocenters. The minimum Gasteiger partial charge on any atom is -0.420 e. The average molecular weight is 296 g/mol. The van der Waals surface area contributed by atoms with Gasteiger partial charge in [0.15, 0.2) is 0 Å². The van der Waals surface area contributed by atoms with Crippen molar-refractivity contribution in [3.8, 4) is 0 Å². The number of fused-ring (bicyclic) bond motifs is 1. The second-order valence-electron chi connectivity index (χ2n) is 5.98. The highest BCUT2D eigenvalue weighted by atomic mass is 16.7. The molecule has 0 amide bonds. The van der Waals surface area contributed by atoms with Gasteiger partial charge < -0.3 is 9.47 Å². The first-order valence-electron chi connectivity index (χ1n) is 7.37. The number of hydrogen-bond donors (Lipinski definition) is 0. The summed E-state index contributed by atoms with van der Waals surface area (Å²) in [7, 11) is 1.59. The van der Waals surface area contributed by atoms with Crippen LogP contribution in [0.15, 0.2) is 30.3 Å². The van der Waals surface area contributed by atoms with E-state index in [1.165, 1.54) is 0 Å². The predicted molar refractivity (Wildman–Crippen MR) is 85.0 cm³/mol. The second kappa shape index (κ2) is 4.96. The molecular formula is C19H20O3. The van der Waals surface area contributed by atoms with E-state index in [4.69, 9.17) is 9.47 Å². The van der Waals surface area contributed by atoms with Crippen molar-refractivity contribution in [2.75, 3.05) is 7.11 Å². The zero-order chi connectivity index (χ0) is 16.1. The van der Waals surface area contributed by atoms with E-state index in [2.05, 4.69) is 6.07 Å². The number of hydrogen-bond acceptors (Lipinski definition) is 3. The molecule has 1 heterocycles. The lowest BCUT2D eigenvalue weighted by molar-refractivity contribution is -0.155. The minimum atomic E-state index is -1.15. The summed E-state index contributed by atoms with van der Waals surface area (Å²) in [5.41, 5.74) is 6.44. The lowest BCUT2D eigenvalue weighted by Gasteiger charge is -2.30. The van der Waals surface area contributed by atoms with Crippen LogP contribution in [0.4, 0.5) is 0 Å². The van der Waals surface area contributed by atoms with Crippen LogP contribution in [0.25, 0.3) is 0 Å². The van der Waals surface area contributed by atoms with E-state index in [1.807, 2.05) is 52.0 Å². The fourth-order valence-corrected chi connectivity index (χ4v) is 3.36. The van der Waals surface area contributed by atoms with Crippen molar-refractivity contribution >= 4 is 5.97 Å². The van der Waals surface area contributed by atoms with Gasteiger partial charge >= 0.3 is 5.97 Å². The van der Waals surface area contributed by atoms with Gasteiger partial charge in [0, 0.05) is 18.2 Å². The van der Waals surface area contributed by atoms with Gasteiger partial charge in [-0.1, -0.05) is 35.9 Å². The number of carbonyl (C=O) groups excluding carboxylic acids is 1. The minimum absolute atomic E-state index is 0.321. The van der Waals surface area contributed by atoms with Crippen molar-refractivity contribution in [1.82, 2.24) is 0 Å². The maximum atomic E-state index is 12.5. The van der Waals surface area contributed by atoms with Crippen molar-refractivity contribution in [2.45, 2.75) is 33.5 Å². The molecule has 2 aromatic carbocycles. The van der Waals surface area contributed by atoms with Gasteiger partial charge in [0.1, 0.15) is 0 Å². The third-order valence-electron chi connectivity index (χ3n) is 4.42. The molecule has 0 radical (unpaired) electrons. The van der Waals surface area contributed by atoms with Crippen molar-refractivity contribution < 1.29 is 14.3 Å². The van der Waals surface area contributed by atoms with Crippen LogP contribution in [0, 0.1) is 27.7 Å². The molecule has 3 heteroatoms. The molecule has 3 rings (SSSR count). The SMILES string of the molecule is COC1(c2ccc(C)cc2C)OC(=O)c2c(C)ccc(C)c21. The van der Waals surface area contributed by atoms with Crippen molar-refractivity contribution in [3.63, 3.8) is 0 Å². The number of carbonyl (C=O) groups is 1. The molecular weight excluding hydrogens is 276 g/mol. The Hall–Kier alpha value is -2.13. The Balaban J connectivity index is 2.35. The van der Waals surface area contributed by atoms with Gasteiger partial charge in [-0.25, -0.2) is 4.79 Å². The number of cyclic esters (lactones) is 1. The molecule has 0 aliphatic carbocycles. The van der Waals surface area contributed by atoms with Gasteiger partial charge in [-0.2, -0.15) is 0 Å². The number of esters is 1. The van der Waals surface area contributed by atoms with E-state index >= 15 is 0 Å². The summed E-state index contributed by atoms with van der Waals surface area (Å²) >= 11 is 0. The highest BCUT2D eigenvalue weighted by Crippen LogP contribution is 2.46. The van der Waals surface area contributed by atoms with E-state index < -0.39 is 5.79 Å². The Bertz CT molecular complexity index is 776. The van der Waals surface area contributed by atoms with E-state index in [1.54, 1.807) is 7.11 Å². The summed E-state index contributed by atoms with van der Waals surface area (Å²) in [5.74, 6) is -1.47. The largest absolute Gasteiger partial charge is 0.420 e. The smallest absolute Gasteiger partial charge is 0.342 e. The zero-order valence-electron chi connectivity index (χ0n) is 13.6. The summed E-state index contributed by atoms with van der Waals surface area (Å²) in [6.45, 7) is 7.96. The van der Waals surface area contributed by atoms with E-state index in [-0.39, 0.29) is 5.97 Å². The molecule has 3 nitrogen and oxygen atoms in total. The van der Waals surface area contributed by atoms with E-state index in [0.717, 1.165) is 33.4 Å². The van der Waals surface area contributed by atoms with Crippen molar-refractivity contribution in [1.29, 1.82) is 0 Å². The number of aryl methyl sites for hydroxylation is 4. The van der Waals surface area contributed by atoms with E-state index in [0.29, 0.717) is 5.56 Å². The Kier molecular flexibility index (Phi) is 3.33. The molecule has 114 valence electrons. The Morgan fingerprint density at radius 2 is 1.64 bits per heavy atom. The Morgan fingerprint density at radius 1 is 0.955 bits per heavy atom. The van der Waals surface area contributed by atoms with Crippen LogP contribution in [-0.2, 0) is 15.3 Å². The third kappa shape index (κ3) is 1.89. The highest BCUT2D eigenvalue weighted by molar-refractivity contribution is 5.97. The monoisotopic (exact) mass is 296 g/mol. The van der Waals surface area contributed by atoms with Gasteiger partial charge in [-0.3, -0.25) is 0 Å². The molecule has 1 atom stereocenters. The van der Waals surface area contributed by atoms with Crippen LogP contribution >= 0.6 is 0 Å². The van der Waals surface area contributed by atoms with Gasteiger partial charge in [-0.05, 0) is 44.4 Å². The van der Waals surface area contributed by atoms with Crippen molar-refractivity contribution in [2.24, 2.45) is 0 Å². The van der Waals surface area contributed by atoms with Crippen LogP contribution in [0.1, 0.15) is 43.7 Å². The third-order valence-corrected chi connectivity index (χ3v) is 4.42. The van der Waals surface area contributed by atoms with Gasteiger partial charge in [0.05, 0.1) is 5.56 Å². The van der Waals surface area contributed by atoms with Crippen LogP contribution < -0.4 is 0 Å². The first-order chi connectivity index (χ1) is 10.4. The molecule has 22 heavy (non-hydrogen) atoms. The molecule has 0 saturated carbocycles. The first-order valence-corrected chi connectivity index (χ1v) is 7.37. The number of ether oxygens (including phenoxy) is 2. The molecule has 0 aromatic heterocycles. The number of benzene rings is 2. The van der Waals surface area contributed by atoms with Crippen LogP contribution in [0.3, 0.4) is 0 Å². The first kappa shape index (κ1) is 14.8. The number of methoxy groups -OCH3 is 1. The molecule has 0 fully saturated rings. The second-order valence-corrected chi connectivity index (χ2v) is 5.98. The maximum absolute atomic E-state index is 12.5. The van der Waals surface area contributed by atoms with Crippen LogP contribution in [0.2, 0.25) is 0 Å². The Morgan fingerprint density at radius 3 is 2.27 bits per heavy atom.